The molecule has 0 unspecified atom stereocenters. The molecule has 0 aromatic heterocycles. The first kappa shape index (κ1) is 22.4. The first-order valence-corrected chi connectivity index (χ1v) is 10.1. The Kier molecular flexibility index (Phi) is 6.98. The molecule has 0 aliphatic rings. The second-order valence-corrected chi connectivity index (χ2v) is 7.60. The lowest BCUT2D eigenvalue weighted by Crippen LogP contribution is -1.97. The number of benzene rings is 3. The van der Waals surface area contributed by atoms with E-state index in [1.807, 2.05) is 32.1 Å². The zero-order chi connectivity index (χ0) is 22.5. The molecule has 0 saturated heterocycles. The molecule has 0 aliphatic carbocycles. The number of halogens is 1. The number of ether oxygens (including phenoxy) is 3. The summed E-state index contributed by atoms with van der Waals surface area (Å²) in [5.74, 6) is 0.943. The van der Waals surface area contributed by atoms with Crippen LogP contribution in [0.3, 0.4) is 0 Å². The molecule has 0 amide bonds. The van der Waals surface area contributed by atoms with Crippen LogP contribution in [0.2, 0.25) is 5.02 Å². The van der Waals surface area contributed by atoms with Crippen molar-refractivity contribution < 1.29 is 24.4 Å². The third-order valence-electron chi connectivity index (χ3n) is 4.78. The molecule has 0 bridgehead atoms. The van der Waals surface area contributed by atoms with Gasteiger partial charge in [-0.2, -0.15) is 0 Å². The Morgan fingerprint density at radius 2 is 1.58 bits per heavy atom. The second-order valence-electron chi connectivity index (χ2n) is 7.17. The minimum Gasteiger partial charge on any atom is -0.504 e. The summed E-state index contributed by atoms with van der Waals surface area (Å²) in [6.07, 6.45) is 1.92. The van der Waals surface area contributed by atoms with E-state index in [1.54, 1.807) is 30.3 Å². The lowest BCUT2D eigenvalue weighted by molar-refractivity contribution is 0.335. The molecule has 3 aromatic carbocycles. The molecule has 0 fully saturated rings. The molecule has 0 spiro atoms. The zero-order valence-electron chi connectivity index (χ0n) is 17.9. The van der Waals surface area contributed by atoms with Gasteiger partial charge >= 0.3 is 0 Å². The largest absolute Gasteiger partial charge is 0.504 e. The Morgan fingerprint density at radius 1 is 0.903 bits per heavy atom. The van der Waals surface area contributed by atoms with Crippen molar-refractivity contribution in [3.05, 3.63) is 65.2 Å². The number of methoxy groups -OCH3 is 2. The van der Waals surface area contributed by atoms with Crippen LogP contribution in [0.5, 0.6) is 28.7 Å². The number of allylic oxidation sites excluding steroid dienone is 1. The van der Waals surface area contributed by atoms with Crippen LogP contribution in [0.1, 0.15) is 13.8 Å². The van der Waals surface area contributed by atoms with Gasteiger partial charge in [-0.05, 0) is 61.4 Å². The van der Waals surface area contributed by atoms with Gasteiger partial charge in [-0.1, -0.05) is 35.4 Å². The van der Waals surface area contributed by atoms with Crippen molar-refractivity contribution in [2.24, 2.45) is 0 Å². The SMILES string of the molecule is COc1cc(-c2ccc(Cl)cc2)c(OC)c(O)c1-c1ccc(OCC=C(C)C)c(O)c1. The molecule has 0 heterocycles. The van der Waals surface area contributed by atoms with Gasteiger partial charge in [-0.25, -0.2) is 0 Å². The number of phenols is 2. The van der Waals surface area contributed by atoms with E-state index in [9.17, 15) is 10.2 Å². The molecule has 0 saturated carbocycles. The highest BCUT2D eigenvalue weighted by molar-refractivity contribution is 6.30. The quantitative estimate of drug-likeness (QED) is 0.413. The molecule has 0 aliphatic heterocycles. The van der Waals surface area contributed by atoms with Crippen molar-refractivity contribution >= 4 is 11.6 Å². The van der Waals surface area contributed by atoms with E-state index in [0.29, 0.717) is 45.6 Å². The van der Waals surface area contributed by atoms with Gasteiger partial charge in [-0.15, -0.1) is 0 Å². The van der Waals surface area contributed by atoms with Gasteiger partial charge in [0.15, 0.2) is 23.0 Å². The summed E-state index contributed by atoms with van der Waals surface area (Å²) < 4.78 is 16.7. The lowest BCUT2D eigenvalue weighted by Gasteiger charge is -2.18. The molecule has 162 valence electrons. The standard InChI is InChI=1S/C25H25ClO5/c1-15(2)11-12-31-21-10-7-17(13-20(21)27)23-22(29-3)14-19(25(30-4)24(23)28)16-5-8-18(26)9-6-16/h5-11,13-14,27-28H,12H2,1-4H3. The van der Waals surface area contributed by atoms with Gasteiger partial charge in [0, 0.05) is 10.6 Å². The average molecular weight is 441 g/mol. The maximum Gasteiger partial charge on any atom is 0.170 e. The van der Waals surface area contributed by atoms with Gasteiger partial charge < -0.3 is 24.4 Å². The van der Waals surface area contributed by atoms with Gasteiger partial charge in [0.05, 0.1) is 19.8 Å². The van der Waals surface area contributed by atoms with Crippen LogP contribution in [-0.4, -0.2) is 31.0 Å². The minimum absolute atomic E-state index is 0.0400. The average Bonchev–Trinajstić information content (AvgIpc) is 2.74. The lowest BCUT2D eigenvalue weighted by atomic mass is 9.96. The van der Waals surface area contributed by atoms with Crippen molar-refractivity contribution in [1.29, 1.82) is 0 Å². The Hall–Kier alpha value is -3.31. The number of phenolic OH excluding ortho intramolecular Hbond substituents is 2. The van der Waals surface area contributed by atoms with Crippen molar-refractivity contribution in [3.63, 3.8) is 0 Å². The summed E-state index contributed by atoms with van der Waals surface area (Å²) in [4.78, 5) is 0. The smallest absolute Gasteiger partial charge is 0.170 e. The summed E-state index contributed by atoms with van der Waals surface area (Å²) in [5, 5.41) is 22.1. The minimum atomic E-state index is -0.0931. The fourth-order valence-electron chi connectivity index (χ4n) is 3.21. The highest BCUT2D eigenvalue weighted by Crippen LogP contribution is 2.50. The van der Waals surface area contributed by atoms with Crippen LogP contribution in [0.15, 0.2) is 60.2 Å². The van der Waals surface area contributed by atoms with Crippen LogP contribution in [0.25, 0.3) is 22.3 Å². The molecule has 0 radical (unpaired) electrons. The highest BCUT2D eigenvalue weighted by Gasteiger charge is 2.22. The van der Waals surface area contributed by atoms with Crippen molar-refractivity contribution in [2.75, 3.05) is 20.8 Å². The van der Waals surface area contributed by atoms with E-state index >= 15 is 0 Å². The van der Waals surface area contributed by atoms with Crippen LogP contribution in [0.4, 0.5) is 0 Å². The highest BCUT2D eigenvalue weighted by atomic mass is 35.5. The number of rotatable bonds is 7. The van der Waals surface area contributed by atoms with E-state index in [-0.39, 0.29) is 11.5 Å². The maximum atomic E-state index is 11.1. The molecule has 0 atom stereocenters. The maximum absolute atomic E-state index is 11.1. The van der Waals surface area contributed by atoms with E-state index < -0.39 is 0 Å². The summed E-state index contributed by atoms with van der Waals surface area (Å²) in [6.45, 7) is 4.30. The first-order valence-electron chi connectivity index (χ1n) is 9.69. The molecule has 6 heteroatoms. The van der Waals surface area contributed by atoms with Crippen molar-refractivity contribution in [1.82, 2.24) is 0 Å². The van der Waals surface area contributed by atoms with Crippen molar-refractivity contribution in [3.8, 4) is 51.0 Å². The summed E-state index contributed by atoms with van der Waals surface area (Å²) >= 11 is 6.00. The Labute approximate surface area is 187 Å². The fraction of sp³-hybridized carbons (Fsp3) is 0.200. The topological polar surface area (TPSA) is 68.2 Å². The Bertz CT molecular complexity index is 1100. The van der Waals surface area contributed by atoms with E-state index in [2.05, 4.69) is 0 Å². The molecule has 3 aromatic rings. The van der Waals surface area contributed by atoms with Gasteiger partial charge in [-0.3, -0.25) is 0 Å². The number of hydrogen-bond donors (Lipinski definition) is 2. The van der Waals surface area contributed by atoms with Crippen LogP contribution in [0, 0.1) is 0 Å². The van der Waals surface area contributed by atoms with E-state index in [4.69, 9.17) is 25.8 Å². The number of aromatic hydroxyl groups is 2. The molecule has 31 heavy (non-hydrogen) atoms. The summed E-state index contributed by atoms with van der Waals surface area (Å²) in [6, 6.07) is 13.9. The normalized spacial score (nSPS) is 10.5. The van der Waals surface area contributed by atoms with Crippen LogP contribution >= 0.6 is 11.6 Å². The zero-order valence-corrected chi connectivity index (χ0v) is 18.7. The van der Waals surface area contributed by atoms with E-state index in [1.165, 1.54) is 20.3 Å². The predicted octanol–water partition coefficient (Wildman–Crippen LogP) is 6.45. The first-order chi connectivity index (χ1) is 14.8. The van der Waals surface area contributed by atoms with Crippen LogP contribution < -0.4 is 14.2 Å². The molecular formula is C25H25ClO5. The van der Waals surface area contributed by atoms with E-state index in [0.717, 1.165) is 11.1 Å². The monoisotopic (exact) mass is 440 g/mol. The van der Waals surface area contributed by atoms with Gasteiger partial charge in [0.2, 0.25) is 0 Å². The fourth-order valence-corrected chi connectivity index (χ4v) is 3.34. The molecule has 3 rings (SSSR count). The summed E-state index contributed by atoms with van der Waals surface area (Å²) in [7, 11) is 3.01. The molecule has 5 nitrogen and oxygen atoms in total. The van der Waals surface area contributed by atoms with Crippen molar-refractivity contribution in [2.45, 2.75) is 13.8 Å². The van der Waals surface area contributed by atoms with Gasteiger partial charge in [0.1, 0.15) is 12.4 Å². The molecular weight excluding hydrogens is 416 g/mol. The Balaban J connectivity index is 2.08. The second kappa shape index (κ2) is 9.67. The Morgan fingerprint density at radius 3 is 2.16 bits per heavy atom. The van der Waals surface area contributed by atoms with Gasteiger partial charge in [0.25, 0.3) is 0 Å². The molecule has 2 N–H and O–H groups in total. The summed E-state index contributed by atoms with van der Waals surface area (Å²) in [5.41, 5.74) is 3.56. The third kappa shape index (κ3) is 4.89. The van der Waals surface area contributed by atoms with Crippen LogP contribution in [-0.2, 0) is 0 Å². The number of hydrogen-bond acceptors (Lipinski definition) is 5. The third-order valence-corrected chi connectivity index (χ3v) is 5.03. The predicted molar refractivity (Wildman–Crippen MR) is 124 cm³/mol.